The van der Waals surface area contributed by atoms with Gasteiger partial charge in [0.15, 0.2) is 0 Å². The zero-order valence-corrected chi connectivity index (χ0v) is 8.82. The van der Waals surface area contributed by atoms with E-state index in [1.165, 1.54) is 0 Å². The van der Waals surface area contributed by atoms with Gasteiger partial charge in [0.25, 0.3) is 0 Å². The maximum absolute atomic E-state index is 10.6. The molecule has 0 saturated heterocycles. The number of rotatable bonds is 4. The van der Waals surface area contributed by atoms with Crippen LogP contribution in [0.3, 0.4) is 0 Å². The summed E-state index contributed by atoms with van der Waals surface area (Å²) in [6.07, 6.45) is 1.77. The van der Waals surface area contributed by atoms with Crippen LogP contribution in [0.1, 0.15) is 25.2 Å². The molecule has 1 heterocycles. The SMILES string of the molecule is Cc1ncn(CC(C)C)c1CC(=O)O. The highest BCUT2D eigenvalue weighted by Gasteiger charge is 2.11. The molecule has 0 amide bonds. The van der Waals surface area contributed by atoms with E-state index in [1.54, 1.807) is 6.33 Å². The van der Waals surface area contributed by atoms with Crippen molar-refractivity contribution >= 4 is 5.97 Å². The third kappa shape index (κ3) is 2.58. The van der Waals surface area contributed by atoms with Gasteiger partial charge in [0.2, 0.25) is 0 Å². The molecular weight excluding hydrogens is 180 g/mol. The van der Waals surface area contributed by atoms with E-state index < -0.39 is 5.97 Å². The molecular formula is C10H16N2O2. The van der Waals surface area contributed by atoms with Gasteiger partial charge in [-0.25, -0.2) is 4.98 Å². The Balaban J connectivity index is 2.88. The summed E-state index contributed by atoms with van der Waals surface area (Å²) in [6, 6.07) is 0. The van der Waals surface area contributed by atoms with Crippen molar-refractivity contribution in [1.82, 2.24) is 9.55 Å². The third-order valence-electron chi connectivity index (χ3n) is 2.04. The Hall–Kier alpha value is -1.32. The number of aromatic nitrogens is 2. The number of carbonyl (C=O) groups is 1. The molecule has 0 fully saturated rings. The normalized spacial score (nSPS) is 10.9. The molecule has 4 heteroatoms. The highest BCUT2D eigenvalue weighted by atomic mass is 16.4. The molecule has 1 aromatic rings. The number of hydrogen-bond acceptors (Lipinski definition) is 2. The fourth-order valence-corrected chi connectivity index (χ4v) is 1.43. The summed E-state index contributed by atoms with van der Waals surface area (Å²) < 4.78 is 1.92. The lowest BCUT2D eigenvalue weighted by Gasteiger charge is -2.09. The zero-order chi connectivity index (χ0) is 10.7. The summed E-state index contributed by atoms with van der Waals surface area (Å²) in [5, 5.41) is 8.73. The van der Waals surface area contributed by atoms with E-state index in [0.29, 0.717) is 5.92 Å². The van der Waals surface area contributed by atoms with Crippen LogP contribution in [0.15, 0.2) is 6.33 Å². The van der Waals surface area contributed by atoms with Crippen LogP contribution in [0.2, 0.25) is 0 Å². The van der Waals surface area contributed by atoms with Crippen LogP contribution >= 0.6 is 0 Å². The van der Waals surface area contributed by atoms with Crippen LogP contribution in [0, 0.1) is 12.8 Å². The predicted octanol–water partition coefficient (Wildman–Crippen LogP) is 1.47. The van der Waals surface area contributed by atoms with E-state index in [0.717, 1.165) is 17.9 Å². The quantitative estimate of drug-likeness (QED) is 0.793. The molecule has 0 aliphatic rings. The fourth-order valence-electron chi connectivity index (χ4n) is 1.43. The lowest BCUT2D eigenvalue weighted by Crippen LogP contribution is -2.11. The number of aryl methyl sites for hydroxylation is 1. The number of nitrogens with zero attached hydrogens (tertiary/aromatic N) is 2. The molecule has 0 atom stereocenters. The van der Waals surface area contributed by atoms with Crippen molar-refractivity contribution in [1.29, 1.82) is 0 Å². The second-order valence-electron chi connectivity index (χ2n) is 3.89. The number of carboxylic acid groups (broad SMARTS) is 1. The van der Waals surface area contributed by atoms with Gasteiger partial charge in [-0.05, 0) is 12.8 Å². The Morgan fingerprint density at radius 1 is 1.64 bits per heavy atom. The van der Waals surface area contributed by atoms with Gasteiger partial charge < -0.3 is 9.67 Å². The van der Waals surface area contributed by atoms with Crippen LogP contribution in [-0.2, 0) is 17.8 Å². The predicted molar refractivity (Wildman–Crippen MR) is 53.1 cm³/mol. The lowest BCUT2D eigenvalue weighted by atomic mass is 10.2. The highest BCUT2D eigenvalue weighted by Crippen LogP contribution is 2.10. The maximum Gasteiger partial charge on any atom is 0.309 e. The van der Waals surface area contributed by atoms with Crippen molar-refractivity contribution in [2.45, 2.75) is 33.7 Å². The Morgan fingerprint density at radius 2 is 2.29 bits per heavy atom. The average molecular weight is 196 g/mol. The zero-order valence-electron chi connectivity index (χ0n) is 8.82. The first-order chi connectivity index (χ1) is 6.50. The van der Waals surface area contributed by atoms with Crippen LogP contribution in [0.4, 0.5) is 0 Å². The van der Waals surface area contributed by atoms with Crippen LogP contribution in [0.5, 0.6) is 0 Å². The van der Waals surface area contributed by atoms with E-state index in [-0.39, 0.29) is 6.42 Å². The van der Waals surface area contributed by atoms with E-state index in [1.807, 2.05) is 11.5 Å². The molecule has 0 aromatic carbocycles. The number of aliphatic carboxylic acids is 1. The first kappa shape index (κ1) is 10.8. The van der Waals surface area contributed by atoms with Gasteiger partial charge in [-0.2, -0.15) is 0 Å². The van der Waals surface area contributed by atoms with E-state index in [9.17, 15) is 4.79 Å². The molecule has 4 nitrogen and oxygen atoms in total. The van der Waals surface area contributed by atoms with Gasteiger partial charge >= 0.3 is 5.97 Å². The first-order valence-corrected chi connectivity index (χ1v) is 4.73. The maximum atomic E-state index is 10.6. The van der Waals surface area contributed by atoms with Crippen LogP contribution < -0.4 is 0 Å². The molecule has 0 aliphatic heterocycles. The minimum atomic E-state index is -0.807. The summed E-state index contributed by atoms with van der Waals surface area (Å²) in [6.45, 7) is 6.86. The van der Waals surface area contributed by atoms with Gasteiger partial charge in [-0.3, -0.25) is 4.79 Å². The number of hydrogen-bond donors (Lipinski definition) is 1. The largest absolute Gasteiger partial charge is 0.481 e. The van der Waals surface area contributed by atoms with Gasteiger partial charge in [0.05, 0.1) is 24.1 Å². The average Bonchev–Trinajstić information content (AvgIpc) is 2.34. The molecule has 78 valence electrons. The second kappa shape index (κ2) is 4.26. The molecule has 1 rings (SSSR count). The Kier molecular flexibility index (Phi) is 3.28. The Labute approximate surface area is 83.6 Å². The van der Waals surface area contributed by atoms with Gasteiger partial charge in [0.1, 0.15) is 0 Å². The molecule has 0 unspecified atom stereocenters. The third-order valence-corrected chi connectivity index (χ3v) is 2.04. The Bertz CT molecular complexity index is 329. The van der Waals surface area contributed by atoms with Crippen molar-refractivity contribution < 1.29 is 9.90 Å². The van der Waals surface area contributed by atoms with E-state index >= 15 is 0 Å². The highest BCUT2D eigenvalue weighted by molar-refractivity contribution is 5.69. The molecule has 0 bridgehead atoms. The van der Waals surface area contributed by atoms with Crippen LogP contribution in [0.25, 0.3) is 0 Å². The van der Waals surface area contributed by atoms with Gasteiger partial charge in [-0.15, -0.1) is 0 Å². The Morgan fingerprint density at radius 3 is 2.79 bits per heavy atom. The molecule has 0 radical (unpaired) electrons. The summed E-state index contributed by atoms with van der Waals surface area (Å²) in [5.74, 6) is -0.310. The van der Waals surface area contributed by atoms with Gasteiger partial charge in [-0.1, -0.05) is 13.8 Å². The molecule has 0 aliphatic carbocycles. The van der Waals surface area contributed by atoms with E-state index in [2.05, 4.69) is 18.8 Å². The summed E-state index contributed by atoms with van der Waals surface area (Å²) >= 11 is 0. The van der Waals surface area contributed by atoms with Crippen molar-refractivity contribution in [2.75, 3.05) is 0 Å². The topological polar surface area (TPSA) is 55.1 Å². The van der Waals surface area contributed by atoms with E-state index in [4.69, 9.17) is 5.11 Å². The number of carboxylic acids is 1. The van der Waals surface area contributed by atoms with Crippen molar-refractivity contribution in [3.63, 3.8) is 0 Å². The van der Waals surface area contributed by atoms with Crippen molar-refractivity contribution in [2.24, 2.45) is 5.92 Å². The molecule has 14 heavy (non-hydrogen) atoms. The first-order valence-electron chi connectivity index (χ1n) is 4.73. The molecule has 0 spiro atoms. The number of imidazole rings is 1. The van der Waals surface area contributed by atoms with Crippen molar-refractivity contribution in [3.05, 3.63) is 17.7 Å². The molecule has 0 saturated carbocycles. The monoisotopic (exact) mass is 196 g/mol. The summed E-state index contributed by atoms with van der Waals surface area (Å²) in [7, 11) is 0. The van der Waals surface area contributed by atoms with Crippen LogP contribution in [-0.4, -0.2) is 20.6 Å². The summed E-state index contributed by atoms with van der Waals surface area (Å²) in [5.41, 5.74) is 1.62. The second-order valence-corrected chi connectivity index (χ2v) is 3.89. The molecule has 1 N–H and O–H groups in total. The molecule has 1 aromatic heterocycles. The standard InChI is InChI=1S/C10H16N2O2/c1-7(2)5-12-6-11-8(3)9(12)4-10(13)14/h6-7H,4-5H2,1-3H3,(H,13,14). The van der Waals surface area contributed by atoms with Gasteiger partial charge in [0, 0.05) is 6.54 Å². The summed E-state index contributed by atoms with van der Waals surface area (Å²) in [4.78, 5) is 14.7. The lowest BCUT2D eigenvalue weighted by molar-refractivity contribution is -0.136. The van der Waals surface area contributed by atoms with Crippen molar-refractivity contribution in [3.8, 4) is 0 Å². The minimum absolute atomic E-state index is 0.0541. The smallest absolute Gasteiger partial charge is 0.309 e. The minimum Gasteiger partial charge on any atom is -0.481 e. The fraction of sp³-hybridized carbons (Fsp3) is 0.600.